The molecule has 3 aliphatic rings. The zero-order valence-corrected chi connectivity index (χ0v) is 15.3. The molecule has 0 aromatic carbocycles. The standard InChI is InChI=1S/C19H23NO4S/c1-12(2)6-8-23-18(22)15-14-5-7-19(24-14)11-20(17(21)16(15)19)10-13-4-3-9-25-13/h3-5,7,9,12,14-16H,6,8,10-11H2,1-2H3/t14-,15+,16+,19-/m1/s1. The number of likely N-dealkylation sites (tertiary alicyclic amines) is 1. The molecule has 4 rings (SSSR count). The first-order valence-corrected chi connectivity index (χ1v) is 9.73. The van der Waals surface area contributed by atoms with Crippen LogP contribution in [0.2, 0.25) is 0 Å². The number of carbonyl (C=O) groups is 2. The van der Waals surface area contributed by atoms with Gasteiger partial charge in [-0.1, -0.05) is 32.1 Å². The SMILES string of the molecule is CC(C)CCOC(=O)[C@@H]1[C@H]2C(=O)N(Cc3cccs3)C[C@]23C=C[C@H]1O3. The number of hydrogen-bond acceptors (Lipinski definition) is 5. The molecule has 0 radical (unpaired) electrons. The van der Waals surface area contributed by atoms with Gasteiger partial charge in [0.2, 0.25) is 5.91 Å². The van der Waals surface area contributed by atoms with Crippen molar-refractivity contribution in [3.8, 4) is 0 Å². The maximum atomic E-state index is 13.0. The Morgan fingerprint density at radius 3 is 3.08 bits per heavy atom. The third-order valence-electron chi connectivity index (χ3n) is 5.32. The van der Waals surface area contributed by atoms with E-state index < -0.39 is 17.4 Å². The molecule has 1 aromatic heterocycles. The quantitative estimate of drug-likeness (QED) is 0.577. The molecule has 0 N–H and O–H groups in total. The summed E-state index contributed by atoms with van der Waals surface area (Å²) in [7, 11) is 0. The summed E-state index contributed by atoms with van der Waals surface area (Å²) in [6.45, 7) is 5.67. The van der Waals surface area contributed by atoms with Gasteiger partial charge in [0.05, 0.1) is 31.7 Å². The van der Waals surface area contributed by atoms with Crippen LogP contribution in [-0.2, 0) is 25.6 Å². The van der Waals surface area contributed by atoms with Gasteiger partial charge in [0, 0.05) is 4.88 Å². The van der Waals surface area contributed by atoms with E-state index in [1.165, 1.54) is 0 Å². The van der Waals surface area contributed by atoms with Crippen LogP contribution >= 0.6 is 11.3 Å². The van der Waals surface area contributed by atoms with E-state index in [1.54, 1.807) is 11.3 Å². The zero-order valence-electron chi connectivity index (χ0n) is 14.5. The molecule has 0 aliphatic carbocycles. The summed E-state index contributed by atoms with van der Waals surface area (Å²) in [5.41, 5.74) is -0.652. The minimum Gasteiger partial charge on any atom is -0.465 e. The van der Waals surface area contributed by atoms with Crippen molar-refractivity contribution in [1.29, 1.82) is 0 Å². The third-order valence-corrected chi connectivity index (χ3v) is 6.18. The van der Waals surface area contributed by atoms with Gasteiger partial charge in [-0.25, -0.2) is 0 Å². The normalized spacial score (nSPS) is 32.7. The van der Waals surface area contributed by atoms with Crippen molar-refractivity contribution < 1.29 is 19.1 Å². The molecule has 2 bridgehead atoms. The van der Waals surface area contributed by atoms with Crippen LogP contribution in [0, 0.1) is 17.8 Å². The second-order valence-corrected chi connectivity index (χ2v) is 8.56. The van der Waals surface area contributed by atoms with Crippen molar-refractivity contribution >= 4 is 23.2 Å². The van der Waals surface area contributed by atoms with Crippen LogP contribution < -0.4 is 0 Å². The minimum absolute atomic E-state index is 0.00561. The molecule has 2 fully saturated rings. The lowest BCUT2D eigenvalue weighted by Crippen LogP contribution is -2.40. The van der Waals surface area contributed by atoms with Crippen molar-refractivity contribution in [3.63, 3.8) is 0 Å². The van der Waals surface area contributed by atoms with Gasteiger partial charge in [-0.3, -0.25) is 9.59 Å². The lowest BCUT2D eigenvalue weighted by Gasteiger charge is -2.23. The Hall–Kier alpha value is -1.66. The molecule has 6 heteroatoms. The lowest BCUT2D eigenvalue weighted by molar-refractivity contribution is -0.154. The molecule has 3 aliphatic heterocycles. The first-order chi connectivity index (χ1) is 12.0. The fraction of sp³-hybridized carbons (Fsp3) is 0.579. The van der Waals surface area contributed by atoms with Crippen LogP contribution in [-0.4, -0.2) is 41.6 Å². The summed E-state index contributed by atoms with van der Waals surface area (Å²) in [4.78, 5) is 28.6. The molecule has 0 unspecified atom stereocenters. The minimum atomic E-state index is -0.652. The number of rotatable bonds is 6. The summed E-state index contributed by atoms with van der Waals surface area (Å²) in [6, 6.07) is 4.01. The molecule has 4 atom stereocenters. The monoisotopic (exact) mass is 361 g/mol. The first-order valence-electron chi connectivity index (χ1n) is 8.85. The van der Waals surface area contributed by atoms with Crippen molar-refractivity contribution in [2.24, 2.45) is 17.8 Å². The molecule has 0 saturated carbocycles. The smallest absolute Gasteiger partial charge is 0.312 e. The van der Waals surface area contributed by atoms with Crippen molar-refractivity contribution in [3.05, 3.63) is 34.5 Å². The summed E-state index contributed by atoms with van der Waals surface area (Å²) >= 11 is 1.63. The predicted octanol–water partition coefficient (Wildman–Crippen LogP) is 2.62. The molecule has 5 nitrogen and oxygen atoms in total. The molecular weight excluding hydrogens is 338 g/mol. The van der Waals surface area contributed by atoms with Crippen LogP contribution in [0.3, 0.4) is 0 Å². The highest BCUT2D eigenvalue weighted by atomic mass is 32.1. The van der Waals surface area contributed by atoms with Crippen LogP contribution in [0.5, 0.6) is 0 Å². The van der Waals surface area contributed by atoms with Crippen LogP contribution in [0.15, 0.2) is 29.7 Å². The van der Waals surface area contributed by atoms with Gasteiger partial charge in [-0.05, 0) is 23.8 Å². The fourth-order valence-electron chi connectivity index (χ4n) is 4.06. The van der Waals surface area contributed by atoms with E-state index in [4.69, 9.17) is 9.47 Å². The highest BCUT2D eigenvalue weighted by molar-refractivity contribution is 7.09. The maximum Gasteiger partial charge on any atom is 0.312 e. The third kappa shape index (κ3) is 2.81. The van der Waals surface area contributed by atoms with E-state index in [2.05, 4.69) is 13.8 Å². The van der Waals surface area contributed by atoms with E-state index in [0.717, 1.165) is 11.3 Å². The molecule has 1 spiro atoms. The van der Waals surface area contributed by atoms with Crippen LogP contribution in [0.1, 0.15) is 25.1 Å². The van der Waals surface area contributed by atoms with E-state index in [9.17, 15) is 9.59 Å². The molecular formula is C19H23NO4S. The van der Waals surface area contributed by atoms with E-state index >= 15 is 0 Å². The number of carbonyl (C=O) groups excluding carboxylic acids is 2. The average Bonchev–Trinajstić information content (AvgIpc) is 3.30. The summed E-state index contributed by atoms with van der Waals surface area (Å²) in [6.07, 6.45) is 4.40. The number of ether oxygens (including phenoxy) is 2. The number of fused-ring (bicyclic) bond motifs is 1. The second-order valence-electron chi connectivity index (χ2n) is 7.52. The first kappa shape index (κ1) is 16.8. The fourth-order valence-corrected chi connectivity index (χ4v) is 4.78. The number of nitrogens with zero attached hydrogens (tertiary/aromatic N) is 1. The number of hydrogen-bond donors (Lipinski definition) is 0. The average molecular weight is 361 g/mol. The van der Waals surface area contributed by atoms with E-state index in [1.807, 2.05) is 34.6 Å². The number of esters is 1. The van der Waals surface area contributed by atoms with Gasteiger partial charge in [-0.2, -0.15) is 0 Å². The van der Waals surface area contributed by atoms with Gasteiger partial charge in [0.15, 0.2) is 0 Å². The Morgan fingerprint density at radius 2 is 2.36 bits per heavy atom. The summed E-state index contributed by atoms with van der Waals surface area (Å²) < 4.78 is 11.6. The van der Waals surface area contributed by atoms with E-state index in [-0.39, 0.29) is 18.0 Å². The van der Waals surface area contributed by atoms with Gasteiger partial charge < -0.3 is 14.4 Å². The highest BCUT2D eigenvalue weighted by Gasteiger charge is 2.67. The van der Waals surface area contributed by atoms with E-state index in [0.29, 0.717) is 25.6 Å². The molecule has 1 aromatic rings. The number of amides is 1. The highest BCUT2D eigenvalue weighted by Crippen LogP contribution is 2.52. The Kier molecular flexibility index (Phi) is 4.20. The van der Waals surface area contributed by atoms with Gasteiger partial charge in [0.1, 0.15) is 11.5 Å². The maximum absolute atomic E-state index is 13.0. The Morgan fingerprint density at radius 1 is 1.52 bits per heavy atom. The molecule has 1 amide bonds. The van der Waals surface area contributed by atoms with Crippen LogP contribution in [0.4, 0.5) is 0 Å². The van der Waals surface area contributed by atoms with Gasteiger partial charge in [0.25, 0.3) is 0 Å². The zero-order chi connectivity index (χ0) is 17.6. The number of thiophene rings is 1. The van der Waals surface area contributed by atoms with Crippen molar-refractivity contribution in [2.75, 3.05) is 13.2 Å². The van der Waals surface area contributed by atoms with Crippen molar-refractivity contribution in [1.82, 2.24) is 4.90 Å². The van der Waals surface area contributed by atoms with Crippen LogP contribution in [0.25, 0.3) is 0 Å². The van der Waals surface area contributed by atoms with Gasteiger partial charge in [-0.15, -0.1) is 11.3 Å². The Bertz CT molecular complexity index is 698. The van der Waals surface area contributed by atoms with Gasteiger partial charge >= 0.3 is 5.97 Å². The topological polar surface area (TPSA) is 55.8 Å². The Labute approximate surface area is 151 Å². The Balaban J connectivity index is 1.49. The predicted molar refractivity (Wildman–Crippen MR) is 93.9 cm³/mol. The molecule has 2 saturated heterocycles. The van der Waals surface area contributed by atoms with Crippen molar-refractivity contribution in [2.45, 2.75) is 38.5 Å². The summed E-state index contributed by atoms with van der Waals surface area (Å²) in [5, 5.41) is 2.01. The molecule has 25 heavy (non-hydrogen) atoms. The lowest BCUT2D eigenvalue weighted by atomic mass is 9.77. The summed E-state index contributed by atoms with van der Waals surface area (Å²) in [5.74, 6) is -0.781. The largest absolute Gasteiger partial charge is 0.465 e. The molecule has 4 heterocycles. The molecule has 134 valence electrons. The second kappa shape index (κ2) is 6.25.